The largest absolute Gasteiger partial charge is 0.382 e. The molecule has 108 valence electrons. The van der Waals surface area contributed by atoms with E-state index in [-0.39, 0.29) is 18.4 Å². The van der Waals surface area contributed by atoms with Gasteiger partial charge in [-0.2, -0.15) is 0 Å². The van der Waals surface area contributed by atoms with Gasteiger partial charge in [-0.25, -0.2) is 0 Å². The van der Waals surface area contributed by atoms with Crippen LogP contribution in [-0.2, 0) is 19.1 Å². The summed E-state index contributed by atoms with van der Waals surface area (Å²) >= 11 is 0. The Morgan fingerprint density at radius 1 is 1.47 bits per heavy atom. The first-order valence-corrected chi connectivity index (χ1v) is 6.56. The highest BCUT2D eigenvalue weighted by Gasteiger charge is 2.39. The second kappa shape index (κ2) is 6.31. The highest BCUT2D eigenvalue weighted by Crippen LogP contribution is 2.16. The molecule has 0 aromatic heterocycles. The predicted octanol–water partition coefficient (Wildman–Crippen LogP) is -1.58. The SMILES string of the molecule is COC[C@@H](C(=O)N1CCOCC1)N1CC[C@H](N)C1=O. The maximum Gasteiger partial charge on any atom is 0.247 e. The van der Waals surface area contributed by atoms with Crippen LogP contribution in [0.5, 0.6) is 0 Å². The topological polar surface area (TPSA) is 85.1 Å². The molecule has 19 heavy (non-hydrogen) atoms. The van der Waals surface area contributed by atoms with Gasteiger partial charge in [0.05, 0.1) is 25.9 Å². The van der Waals surface area contributed by atoms with E-state index in [0.29, 0.717) is 39.3 Å². The molecule has 2 atom stereocenters. The van der Waals surface area contributed by atoms with E-state index in [1.165, 1.54) is 7.11 Å². The van der Waals surface area contributed by atoms with Gasteiger partial charge in [0.2, 0.25) is 11.8 Å². The monoisotopic (exact) mass is 271 g/mol. The molecule has 0 spiro atoms. The summed E-state index contributed by atoms with van der Waals surface area (Å²) in [7, 11) is 1.53. The number of carbonyl (C=O) groups is 2. The van der Waals surface area contributed by atoms with Crippen molar-refractivity contribution in [2.45, 2.75) is 18.5 Å². The zero-order valence-corrected chi connectivity index (χ0v) is 11.2. The lowest BCUT2D eigenvalue weighted by atomic mass is 10.2. The standard InChI is InChI=1S/C12H21N3O4/c1-18-8-10(15-3-2-9(13)11(15)16)12(17)14-4-6-19-7-5-14/h9-10H,2-8,13H2,1H3/t9-,10-/m0/s1. The minimum absolute atomic E-state index is 0.0763. The fraction of sp³-hybridized carbons (Fsp3) is 0.833. The number of carbonyl (C=O) groups excluding carboxylic acids is 2. The quantitative estimate of drug-likeness (QED) is 0.667. The van der Waals surface area contributed by atoms with E-state index in [9.17, 15) is 9.59 Å². The minimum atomic E-state index is -0.566. The lowest BCUT2D eigenvalue weighted by molar-refractivity contribution is -0.148. The Bertz CT molecular complexity index is 344. The molecule has 2 saturated heterocycles. The zero-order valence-electron chi connectivity index (χ0n) is 11.2. The van der Waals surface area contributed by atoms with Crippen LogP contribution in [0.25, 0.3) is 0 Å². The van der Waals surface area contributed by atoms with Crippen LogP contribution in [0.3, 0.4) is 0 Å². The smallest absolute Gasteiger partial charge is 0.247 e. The molecular weight excluding hydrogens is 250 g/mol. The lowest BCUT2D eigenvalue weighted by Crippen LogP contribution is -2.54. The molecule has 2 fully saturated rings. The lowest BCUT2D eigenvalue weighted by Gasteiger charge is -2.34. The maximum atomic E-state index is 12.5. The molecule has 7 nitrogen and oxygen atoms in total. The van der Waals surface area contributed by atoms with Gasteiger partial charge in [0.25, 0.3) is 0 Å². The van der Waals surface area contributed by atoms with Crippen molar-refractivity contribution in [3.8, 4) is 0 Å². The third kappa shape index (κ3) is 3.05. The zero-order chi connectivity index (χ0) is 13.8. The van der Waals surface area contributed by atoms with Crippen LogP contribution in [0.2, 0.25) is 0 Å². The van der Waals surface area contributed by atoms with Gasteiger partial charge in [-0.15, -0.1) is 0 Å². The third-order valence-corrected chi connectivity index (χ3v) is 3.59. The van der Waals surface area contributed by atoms with Crippen LogP contribution in [-0.4, -0.2) is 80.3 Å². The van der Waals surface area contributed by atoms with Crippen molar-refractivity contribution in [2.24, 2.45) is 5.73 Å². The van der Waals surface area contributed by atoms with Gasteiger partial charge in [-0.05, 0) is 6.42 Å². The normalized spacial score (nSPS) is 25.8. The van der Waals surface area contributed by atoms with Crippen molar-refractivity contribution in [1.82, 2.24) is 9.80 Å². The van der Waals surface area contributed by atoms with Crippen LogP contribution < -0.4 is 5.73 Å². The maximum absolute atomic E-state index is 12.5. The first-order valence-electron chi connectivity index (χ1n) is 6.56. The Labute approximate surface area is 112 Å². The fourth-order valence-corrected chi connectivity index (χ4v) is 2.48. The summed E-state index contributed by atoms with van der Waals surface area (Å²) in [5.41, 5.74) is 5.70. The van der Waals surface area contributed by atoms with Crippen molar-refractivity contribution in [2.75, 3.05) is 46.6 Å². The highest BCUT2D eigenvalue weighted by atomic mass is 16.5. The molecule has 0 unspecified atom stereocenters. The van der Waals surface area contributed by atoms with Crippen molar-refractivity contribution in [3.05, 3.63) is 0 Å². The molecule has 0 saturated carbocycles. The molecule has 2 N–H and O–H groups in total. The second-order valence-electron chi connectivity index (χ2n) is 4.84. The molecule has 2 aliphatic rings. The minimum Gasteiger partial charge on any atom is -0.382 e. The number of amides is 2. The molecule has 0 aliphatic carbocycles. The Hall–Kier alpha value is -1.18. The van der Waals surface area contributed by atoms with E-state index < -0.39 is 12.1 Å². The molecule has 2 aliphatic heterocycles. The van der Waals surface area contributed by atoms with Gasteiger partial charge >= 0.3 is 0 Å². The number of nitrogens with two attached hydrogens (primary N) is 1. The number of ether oxygens (including phenoxy) is 2. The first-order chi connectivity index (χ1) is 9.15. The fourth-order valence-electron chi connectivity index (χ4n) is 2.48. The summed E-state index contributed by atoms with van der Waals surface area (Å²) in [5, 5.41) is 0. The van der Waals surface area contributed by atoms with E-state index >= 15 is 0 Å². The Kier molecular flexibility index (Phi) is 4.73. The van der Waals surface area contributed by atoms with Crippen molar-refractivity contribution in [3.63, 3.8) is 0 Å². The van der Waals surface area contributed by atoms with Gasteiger partial charge in [0.15, 0.2) is 0 Å². The van der Waals surface area contributed by atoms with Crippen molar-refractivity contribution >= 4 is 11.8 Å². The average molecular weight is 271 g/mol. The molecule has 2 heterocycles. The van der Waals surface area contributed by atoms with Crippen molar-refractivity contribution < 1.29 is 19.1 Å². The molecule has 2 amide bonds. The summed E-state index contributed by atoms with van der Waals surface area (Å²) in [6, 6.07) is -1.05. The molecule has 0 aromatic rings. The van der Waals surface area contributed by atoms with E-state index in [1.54, 1.807) is 9.80 Å². The van der Waals surface area contributed by atoms with E-state index in [2.05, 4.69) is 0 Å². The number of nitrogens with zero attached hydrogens (tertiary/aromatic N) is 2. The van der Waals surface area contributed by atoms with Gasteiger partial charge < -0.3 is 25.0 Å². The molecule has 0 bridgehead atoms. The molecule has 0 aromatic carbocycles. The van der Waals surface area contributed by atoms with Gasteiger partial charge in [0.1, 0.15) is 6.04 Å². The summed E-state index contributed by atoms with van der Waals surface area (Å²) in [5.74, 6) is -0.240. The van der Waals surface area contributed by atoms with Gasteiger partial charge in [-0.3, -0.25) is 9.59 Å². The summed E-state index contributed by atoms with van der Waals surface area (Å²) in [4.78, 5) is 27.7. The summed E-state index contributed by atoms with van der Waals surface area (Å²) < 4.78 is 10.3. The number of morpholine rings is 1. The molecular formula is C12H21N3O4. The van der Waals surface area contributed by atoms with E-state index in [1.807, 2.05) is 0 Å². The predicted molar refractivity (Wildman–Crippen MR) is 67.4 cm³/mol. The molecule has 2 rings (SSSR count). The number of hydrogen-bond donors (Lipinski definition) is 1. The number of likely N-dealkylation sites (tertiary alicyclic amines) is 1. The molecule has 7 heteroatoms. The van der Waals surface area contributed by atoms with Crippen LogP contribution in [0.15, 0.2) is 0 Å². The third-order valence-electron chi connectivity index (χ3n) is 3.59. The average Bonchev–Trinajstić information content (AvgIpc) is 2.77. The van der Waals surface area contributed by atoms with Gasteiger partial charge in [-0.1, -0.05) is 0 Å². The number of methoxy groups -OCH3 is 1. The Balaban J connectivity index is 2.06. The van der Waals surface area contributed by atoms with E-state index in [0.717, 1.165) is 0 Å². The van der Waals surface area contributed by atoms with Crippen LogP contribution >= 0.6 is 0 Å². The molecule has 0 radical (unpaired) electrons. The number of rotatable bonds is 4. The Morgan fingerprint density at radius 2 is 2.16 bits per heavy atom. The van der Waals surface area contributed by atoms with Crippen LogP contribution in [0, 0.1) is 0 Å². The first kappa shape index (κ1) is 14.2. The van der Waals surface area contributed by atoms with Crippen LogP contribution in [0.1, 0.15) is 6.42 Å². The van der Waals surface area contributed by atoms with E-state index in [4.69, 9.17) is 15.2 Å². The Morgan fingerprint density at radius 3 is 2.68 bits per heavy atom. The summed E-state index contributed by atoms with van der Waals surface area (Å²) in [6.07, 6.45) is 0.593. The van der Waals surface area contributed by atoms with Crippen molar-refractivity contribution in [1.29, 1.82) is 0 Å². The summed E-state index contributed by atoms with van der Waals surface area (Å²) in [6.45, 7) is 2.93. The highest BCUT2D eigenvalue weighted by molar-refractivity contribution is 5.91. The van der Waals surface area contributed by atoms with Crippen LogP contribution in [0.4, 0.5) is 0 Å². The second-order valence-corrected chi connectivity index (χ2v) is 4.84. The number of hydrogen-bond acceptors (Lipinski definition) is 5. The van der Waals surface area contributed by atoms with Gasteiger partial charge in [0, 0.05) is 26.7 Å².